The molecule has 1 saturated carbocycles. The summed E-state index contributed by atoms with van der Waals surface area (Å²) in [4.78, 5) is 0. The van der Waals surface area contributed by atoms with Crippen LogP contribution < -0.4 is 5.32 Å². The molecule has 1 atom stereocenters. The Morgan fingerprint density at radius 2 is 1.76 bits per heavy atom. The lowest BCUT2D eigenvalue weighted by molar-refractivity contribution is 0.274. The Bertz CT molecular complexity index is 187. The second-order valence-electron chi connectivity index (χ2n) is 5.66. The van der Waals surface area contributed by atoms with Crippen LogP contribution in [0.2, 0.25) is 0 Å². The molecule has 0 aliphatic heterocycles. The Morgan fingerprint density at radius 3 is 2.24 bits per heavy atom. The van der Waals surface area contributed by atoms with Gasteiger partial charge >= 0.3 is 0 Å². The van der Waals surface area contributed by atoms with Crippen molar-refractivity contribution in [2.24, 2.45) is 5.92 Å². The van der Waals surface area contributed by atoms with Crippen molar-refractivity contribution < 1.29 is 0 Å². The molecule has 1 aliphatic carbocycles. The molecule has 1 N–H and O–H groups in total. The largest absolute Gasteiger partial charge is 0.313 e. The Morgan fingerprint density at radius 1 is 1.18 bits per heavy atom. The lowest BCUT2D eigenvalue weighted by Gasteiger charge is -2.34. The smallest absolute Gasteiger partial charge is 0.0276 e. The van der Waals surface area contributed by atoms with Crippen LogP contribution in [0.25, 0.3) is 0 Å². The molecular formula is C15H31NS. The van der Waals surface area contributed by atoms with Gasteiger partial charge in [0.05, 0.1) is 0 Å². The van der Waals surface area contributed by atoms with Gasteiger partial charge in [0.1, 0.15) is 0 Å². The van der Waals surface area contributed by atoms with Crippen LogP contribution in [-0.2, 0) is 0 Å². The van der Waals surface area contributed by atoms with Crippen molar-refractivity contribution in [2.45, 2.75) is 76.5 Å². The predicted molar refractivity (Wildman–Crippen MR) is 80.9 cm³/mol. The van der Waals surface area contributed by atoms with E-state index in [2.05, 4.69) is 32.3 Å². The average molecular weight is 257 g/mol. The van der Waals surface area contributed by atoms with E-state index in [1.165, 1.54) is 51.5 Å². The maximum Gasteiger partial charge on any atom is 0.0276 e. The molecule has 1 unspecified atom stereocenters. The van der Waals surface area contributed by atoms with Crippen LogP contribution >= 0.6 is 11.8 Å². The van der Waals surface area contributed by atoms with Crippen molar-refractivity contribution in [3.8, 4) is 0 Å². The quantitative estimate of drug-likeness (QED) is 0.722. The molecule has 1 rings (SSSR count). The van der Waals surface area contributed by atoms with Gasteiger partial charge in [-0.3, -0.25) is 0 Å². The number of hydrogen-bond donors (Lipinski definition) is 1. The van der Waals surface area contributed by atoms with E-state index >= 15 is 0 Å². The molecule has 1 aliphatic rings. The molecule has 17 heavy (non-hydrogen) atoms. The minimum Gasteiger partial charge on any atom is -0.313 e. The fraction of sp³-hybridized carbons (Fsp3) is 1.00. The standard InChI is InChI=1S/C15H31NS/c1-5-15(6-2,17-4)12-16-13(3)14-10-8-7-9-11-14/h13-14,16H,5-12H2,1-4H3. The molecule has 102 valence electrons. The first-order valence-corrected chi connectivity index (χ1v) is 8.68. The molecule has 0 aromatic carbocycles. The predicted octanol–water partition coefficient (Wildman–Crippen LogP) is 4.47. The van der Waals surface area contributed by atoms with Gasteiger partial charge in [-0.15, -0.1) is 0 Å². The number of nitrogens with one attached hydrogen (secondary N) is 1. The van der Waals surface area contributed by atoms with E-state index < -0.39 is 0 Å². The third-order valence-corrected chi connectivity index (χ3v) is 6.41. The van der Waals surface area contributed by atoms with Crippen molar-refractivity contribution in [2.75, 3.05) is 12.8 Å². The molecule has 0 bridgehead atoms. The maximum atomic E-state index is 3.83. The fourth-order valence-corrected chi connectivity index (χ4v) is 3.81. The molecule has 1 fully saturated rings. The van der Waals surface area contributed by atoms with Crippen LogP contribution in [-0.4, -0.2) is 23.6 Å². The SMILES string of the molecule is CCC(CC)(CNC(C)C1CCCCC1)SC. The van der Waals surface area contributed by atoms with Crippen LogP contribution in [0.5, 0.6) is 0 Å². The third kappa shape index (κ3) is 4.48. The first-order valence-electron chi connectivity index (χ1n) is 7.46. The lowest BCUT2D eigenvalue weighted by Crippen LogP contribution is -2.43. The van der Waals surface area contributed by atoms with Crippen LogP contribution in [0.15, 0.2) is 0 Å². The van der Waals surface area contributed by atoms with E-state index in [9.17, 15) is 0 Å². The van der Waals surface area contributed by atoms with Gasteiger partial charge in [0, 0.05) is 17.3 Å². The Kier molecular flexibility index (Phi) is 6.94. The van der Waals surface area contributed by atoms with Crippen molar-refractivity contribution in [3.05, 3.63) is 0 Å². The molecule has 0 amide bonds. The molecule has 0 heterocycles. The van der Waals surface area contributed by atoms with Crippen molar-refractivity contribution >= 4 is 11.8 Å². The highest BCUT2D eigenvalue weighted by Gasteiger charge is 2.27. The lowest BCUT2D eigenvalue weighted by atomic mass is 9.84. The van der Waals surface area contributed by atoms with E-state index in [1.54, 1.807) is 0 Å². The van der Waals surface area contributed by atoms with Gasteiger partial charge in [0.15, 0.2) is 0 Å². The average Bonchev–Trinajstić information content (AvgIpc) is 2.41. The molecule has 0 aromatic heterocycles. The monoisotopic (exact) mass is 257 g/mol. The zero-order valence-corrected chi connectivity index (χ0v) is 13.0. The summed E-state index contributed by atoms with van der Waals surface area (Å²) >= 11 is 2.04. The normalized spacial score (nSPS) is 20.5. The van der Waals surface area contributed by atoms with E-state index in [4.69, 9.17) is 0 Å². The second kappa shape index (κ2) is 7.68. The highest BCUT2D eigenvalue weighted by Crippen LogP contribution is 2.31. The van der Waals surface area contributed by atoms with E-state index in [0.717, 1.165) is 5.92 Å². The summed E-state index contributed by atoms with van der Waals surface area (Å²) in [6.07, 6.45) is 12.1. The minimum atomic E-state index is 0.461. The molecule has 0 saturated heterocycles. The van der Waals surface area contributed by atoms with Crippen LogP contribution in [0.1, 0.15) is 65.7 Å². The molecule has 2 heteroatoms. The molecule has 0 spiro atoms. The second-order valence-corrected chi connectivity index (χ2v) is 6.94. The number of hydrogen-bond acceptors (Lipinski definition) is 2. The molecular weight excluding hydrogens is 226 g/mol. The number of rotatable bonds is 7. The Hall–Kier alpha value is 0.310. The molecule has 1 nitrogen and oxygen atoms in total. The third-order valence-electron chi connectivity index (χ3n) is 4.82. The summed E-state index contributed by atoms with van der Waals surface area (Å²) in [7, 11) is 0. The first kappa shape index (κ1) is 15.4. The fourth-order valence-electron chi connectivity index (χ4n) is 3.01. The van der Waals surface area contributed by atoms with E-state index in [1.807, 2.05) is 11.8 Å². The minimum absolute atomic E-state index is 0.461. The van der Waals surface area contributed by atoms with Gasteiger partial charge < -0.3 is 5.32 Å². The zero-order valence-electron chi connectivity index (χ0n) is 12.2. The summed E-state index contributed by atoms with van der Waals surface area (Å²) in [6, 6.07) is 0.708. The van der Waals surface area contributed by atoms with Gasteiger partial charge in [-0.25, -0.2) is 0 Å². The highest BCUT2D eigenvalue weighted by molar-refractivity contribution is 8.00. The summed E-state index contributed by atoms with van der Waals surface area (Å²) in [6.45, 7) is 8.23. The van der Waals surface area contributed by atoms with Crippen LogP contribution in [0.4, 0.5) is 0 Å². The molecule has 0 radical (unpaired) electrons. The Balaban J connectivity index is 2.37. The summed E-state index contributed by atoms with van der Waals surface area (Å²) in [5, 5.41) is 3.83. The van der Waals surface area contributed by atoms with Crippen molar-refractivity contribution in [1.82, 2.24) is 5.32 Å². The summed E-state index contributed by atoms with van der Waals surface area (Å²) < 4.78 is 0.461. The maximum absolute atomic E-state index is 3.83. The van der Waals surface area contributed by atoms with Crippen LogP contribution in [0.3, 0.4) is 0 Å². The summed E-state index contributed by atoms with van der Waals surface area (Å²) in [5.41, 5.74) is 0. The highest BCUT2D eigenvalue weighted by atomic mass is 32.2. The van der Waals surface area contributed by atoms with Gasteiger partial charge in [-0.05, 0) is 44.8 Å². The zero-order chi connectivity index (χ0) is 12.7. The van der Waals surface area contributed by atoms with Gasteiger partial charge in [-0.1, -0.05) is 33.1 Å². The summed E-state index contributed by atoms with van der Waals surface area (Å²) in [5.74, 6) is 0.928. The Labute approximate surface area is 113 Å². The van der Waals surface area contributed by atoms with Crippen molar-refractivity contribution in [3.63, 3.8) is 0 Å². The van der Waals surface area contributed by atoms with Crippen molar-refractivity contribution in [1.29, 1.82) is 0 Å². The van der Waals surface area contributed by atoms with Gasteiger partial charge in [-0.2, -0.15) is 11.8 Å². The van der Waals surface area contributed by atoms with E-state index in [0.29, 0.717) is 10.8 Å². The van der Waals surface area contributed by atoms with Gasteiger partial charge in [0.2, 0.25) is 0 Å². The van der Waals surface area contributed by atoms with Crippen LogP contribution in [0, 0.1) is 5.92 Å². The number of thioether (sulfide) groups is 1. The topological polar surface area (TPSA) is 12.0 Å². The first-order chi connectivity index (χ1) is 8.17. The van der Waals surface area contributed by atoms with Gasteiger partial charge in [0.25, 0.3) is 0 Å². The van der Waals surface area contributed by atoms with E-state index in [-0.39, 0.29) is 0 Å². The molecule has 0 aromatic rings.